The molecule has 0 aromatic heterocycles. The second kappa shape index (κ2) is 9.06. The summed E-state index contributed by atoms with van der Waals surface area (Å²) in [5, 5.41) is 18.6. The number of benzene rings is 2. The molecule has 0 bridgehead atoms. The Labute approximate surface area is 181 Å². The Bertz CT molecular complexity index is 1130. The molecular formula is C24H22N4O3. The normalized spacial score (nSPS) is 15.6. The van der Waals surface area contributed by atoms with Crippen LogP contribution in [0.1, 0.15) is 30.9 Å². The fourth-order valence-electron chi connectivity index (χ4n) is 3.49. The summed E-state index contributed by atoms with van der Waals surface area (Å²) in [6, 6.07) is 18.9. The number of carbonyl (C=O) groups is 1. The molecule has 2 aromatic carbocycles. The first-order valence-corrected chi connectivity index (χ1v) is 9.70. The van der Waals surface area contributed by atoms with Crippen LogP contribution in [0.5, 0.6) is 0 Å². The Balaban J connectivity index is 1.97. The lowest BCUT2D eigenvalue weighted by molar-refractivity contribution is -0.139. The van der Waals surface area contributed by atoms with Crippen molar-refractivity contribution in [3.05, 3.63) is 82.4 Å². The SMILES string of the molecule is CCOC(=O)C1=C(C)OC(N)=C(C#N)C1c1ccc(N(C)c2ccc(C#N)cc2)cc1. The van der Waals surface area contributed by atoms with Crippen LogP contribution in [0.2, 0.25) is 0 Å². The van der Waals surface area contributed by atoms with Gasteiger partial charge in [-0.15, -0.1) is 0 Å². The van der Waals surface area contributed by atoms with Crippen LogP contribution in [0.3, 0.4) is 0 Å². The Kier molecular flexibility index (Phi) is 6.28. The van der Waals surface area contributed by atoms with Gasteiger partial charge in [0.1, 0.15) is 17.4 Å². The van der Waals surface area contributed by atoms with Crippen LogP contribution in [0.15, 0.2) is 71.3 Å². The van der Waals surface area contributed by atoms with Gasteiger partial charge in [0.15, 0.2) is 0 Å². The van der Waals surface area contributed by atoms with E-state index in [4.69, 9.17) is 20.5 Å². The molecule has 31 heavy (non-hydrogen) atoms. The molecule has 1 unspecified atom stereocenters. The average Bonchev–Trinajstić information content (AvgIpc) is 2.78. The first-order valence-electron chi connectivity index (χ1n) is 9.70. The first kappa shape index (κ1) is 21.5. The zero-order chi connectivity index (χ0) is 22.5. The third-order valence-electron chi connectivity index (χ3n) is 5.10. The van der Waals surface area contributed by atoms with Gasteiger partial charge in [0.2, 0.25) is 5.88 Å². The zero-order valence-electron chi connectivity index (χ0n) is 17.5. The molecule has 0 fully saturated rings. The monoisotopic (exact) mass is 414 g/mol. The molecule has 2 aromatic rings. The van der Waals surface area contributed by atoms with Crippen LogP contribution in [-0.4, -0.2) is 19.6 Å². The summed E-state index contributed by atoms with van der Waals surface area (Å²) in [4.78, 5) is 14.6. The number of anilines is 2. The van der Waals surface area contributed by atoms with E-state index in [2.05, 4.69) is 12.1 Å². The van der Waals surface area contributed by atoms with E-state index in [0.29, 0.717) is 11.3 Å². The predicted octanol–water partition coefficient (Wildman–Crippen LogP) is 3.97. The molecule has 1 heterocycles. The maximum Gasteiger partial charge on any atom is 0.338 e. The van der Waals surface area contributed by atoms with E-state index in [0.717, 1.165) is 16.9 Å². The lowest BCUT2D eigenvalue weighted by Gasteiger charge is -2.27. The Hall–Kier alpha value is -4.23. The van der Waals surface area contributed by atoms with Crippen LogP contribution in [0.4, 0.5) is 11.4 Å². The Morgan fingerprint density at radius 3 is 2.19 bits per heavy atom. The van der Waals surface area contributed by atoms with Crippen molar-refractivity contribution in [2.24, 2.45) is 5.73 Å². The number of nitrogens with zero attached hydrogens (tertiary/aromatic N) is 3. The van der Waals surface area contributed by atoms with Gasteiger partial charge in [-0.25, -0.2) is 4.79 Å². The molecule has 0 saturated heterocycles. The molecule has 1 aliphatic rings. The number of nitriles is 2. The van der Waals surface area contributed by atoms with Crippen molar-refractivity contribution in [2.45, 2.75) is 19.8 Å². The average molecular weight is 414 g/mol. The van der Waals surface area contributed by atoms with Crippen molar-refractivity contribution >= 4 is 17.3 Å². The molecule has 0 aliphatic carbocycles. The summed E-state index contributed by atoms with van der Waals surface area (Å²) in [6.45, 7) is 3.56. The first-order chi connectivity index (χ1) is 14.9. The lowest BCUT2D eigenvalue weighted by Crippen LogP contribution is -2.25. The molecule has 0 radical (unpaired) electrons. The fraction of sp³-hybridized carbons (Fsp3) is 0.208. The standard InChI is InChI=1S/C24H22N4O3/c1-4-30-24(29)21-15(2)31-23(27)20(14-26)22(21)17-7-11-19(12-8-17)28(3)18-9-5-16(13-25)6-10-18/h5-12,22H,4,27H2,1-3H3. The van der Waals surface area contributed by atoms with E-state index < -0.39 is 11.9 Å². The summed E-state index contributed by atoms with van der Waals surface area (Å²) < 4.78 is 10.6. The number of hydrogen-bond donors (Lipinski definition) is 1. The summed E-state index contributed by atoms with van der Waals surface area (Å²) in [5.41, 5.74) is 9.50. The van der Waals surface area contributed by atoms with E-state index in [1.165, 1.54) is 0 Å². The van der Waals surface area contributed by atoms with Crippen molar-refractivity contribution in [3.63, 3.8) is 0 Å². The second-order valence-corrected chi connectivity index (χ2v) is 6.92. The maximum absolute atomic E-state index is 12.6. The minimum atomic E-state index is -0.674. The van der Waals surface area contributed by atoms with Crippen LogP contribution < -0.4 is 10.6 Å². The highest BCUT2D eigenvalue weighted by atomic mass is 16.5. The lowest BCUT2D eigenvalue weighted by atomic mass is 9.83. The number of esters is 1. The van der Waals surface area contributed by atoms with Crippen LogP contribution >= 0.6 is 0 Å². The van der Waals surface area contributed by atoms with Crippen molar-refractivity contribution in [3.8, 4) is 12.1 Å². The van der Waals surface area contributed by atoms with Crippen LogP contribution in [0.25, 0.3) is 0 Å². The summed E-state index contributed by atoms with van der Waals surface area (Å²) in [5.74, 6) is -0.911. The summed E-state index contributed by atoms with van der Waals surface area (Å²) in [6.07, 6.45) is 0. The van der Waals surface area contributed by atoms with Gasteiger partial charge in [0, 0.05) is 18.4 Å². The van der Waals surface area contributed by atoms with Gasteiger partial charge < -0.3 is 20.1 Å². The molecule has 7 heteroatoms. The highest BCUT2D eigenvalue weighted by Crippen LogP contribution is 2.40. The molecule has 1 atom stereocenters. The van der Waals surface area contributed by atoms with Crippen LogP contribution in [0, 0.1) is 22.7 Å². The molecule has 7 nitrogen and oxygen atoms in total. The molecular weight excluding hydrogens is 392 g/mol. The maximum atomic E-state index is 12.6. The minimum Gasteiger partial charge on any atom is -0.463 e. The quantitative estimate of drug-likeness (QED) is 0.737. The molecule has 156 valence electrons. The van der Waals surface area contributed by atoms with Gasteiger partial charge in [-0.3, -0.25) is 0 Å². The van der Waals surface area contributed by atoms with E-state index in [9.17, 15) is 10.1 Å². The fourth-order valence-corrected chi connectivity index (χ4v) is 3.49. The van der Waals surface area contributed by atoms with Gasteiger partial charge in [-0.1, -0.05) is 12.1 Å². The third kappa shape index (κ3) is 4.22. The highest BCUT2D eigenvalue weighted by Gasteiger charge is 2.36. The number of ether oxygens (including phenoxy) is 2. The van der Waals surface area contributed by atoms with Crippen molar-refractivity contribution in [1.82, 2.24) is 0 Å². The molecule has 0 saturated carbocycles. The minimum absolute atomic E-state index is 0.0168. The van der Waals surface area contributed by atoms with Crippen molar-refractivity contribution in [2.75, 3.05) is 18.6 Å². The zero-order valence-corrected chi connectivity index (χ0v) is 17.5. The van der Waals surface area contributed by atoms with E-state index in [1.807, 2.05) is 48.3 Å². The highest BCUT2D eigenvalue weighted by molar-refractivity contribution is 5.92. The molecule has 0 spiro atoms. The van der Waals surface area contributed by atoms with Crippen molar-refractivity contribution in [1.29, 1.82) is 10.5 Å². The van der Waals surface area contributed by atoms with E-state index in [1.54, 1.807) is 26.0 Å². The Morgan fingerprint density at radius 2 is 1.68 bits per heavy atom. The number of hydrogen-bond acceptors (Lipinski definition) is 7. The molecule has 3 rings (SSSR count). The smallest absolute Gasteiger partial charge is 0.338 e. The molecule has 0 amide bonds. The topological polar surface area (TPSA) is 112 Å². The second-order valence-electron chi connectivity index (χ2n) is 6.92. The third-order valence-corrected chi connectivity index (χ3v) is 5.10. The summed E-state index contributed by atoms with van der Waals surface area (Å²) in [7, 11) is 1.91. The largest absolute Gasteiger partial charge is 0.463 e. The van der Waals surface area contributed by atoms with Crippen molar-refractivity contribution < 1.29 is 14.3 Å². The van der Waals surface area contributed by atoms with Gasteiger partial charge in [0.05, 0.1) is 29.7 Å². The molecule has 1 aliphatic heterocycles. The number of nitrogens with two attached hydrogens (primary N) is 1. The van der Waals surface area contributed by atoms with E-state index >= 15 is 0 Å². The van der Waals surface area contributed by atoms with Gasteiger partial charge in [0.25, 0.3) is 0 Å². The molecule has 2 N–H and O–H groups in total. The number of carbonyl (C=O) groups excluding carboxylic acids is 1. The number of allylic oxidation sites excluding steroid dienone is 2. The van der Waals surface area contributed by atoms with Gasteiger partial charge >= 0.3 is 5.97 Å². The number of rotatable bonds is 5. The Morgan fingerprint density at radius 1 is 1.10 bits per heavy atom. The van der Waals surface area contributed by atoms with Gasteiger partial charge in [-0.05, 0) is 55.8 Å². The predicted molar refractivity (Wildman–Crippen MR) is 116 cm³/mol. The summed E-state index contributed by atoms with van der Waals surface area (Å²) >= 11 is 0. The van der Waals surface area contributed by atoms with Gasteiger partial charge in [-0.2, -0.15) is 10.5 Å². The van der Waals surface area contributed by atoms with E-state index in [-0.39, 0.29) is 23.6 Å². The van der Waals surface area contributed by atoms with Crippen LogP contribution in [-0.2, 0) is 14.3 Å².